The van der Waals surface area contributed by atoms with E-state index in [1.165, 1.54) is 6.20 Å². The summed E-state index contributed by atoms with van der Waals surface area (Å²) in [4.78, 5) is 10.1. The van der Waals surface area contributed by atoms with Crippen LogP contribution >= 0.6 is 0 Å². The van der Waals surface area contributed by atoms with Crippen molar-refractivity contribution in [2.45, 2.75) is 12.5 Å². The van der Waals surface area contributed by atoms with E-state index < -0.39 is 0 Å². The van der Waals surface area contributed by atoms with E-state index in [1.807, 2.05) is 11.0 Å². The highest BCUT2D eigenvalue weighted by atomic mass is 15.2. The van der Waals surface area contributed by atoms with Crippen LogP contribution in [0.1, 0.15) is 12.1 Å². The first-order valence-electron chi connectivity index (χ1n) is 4.53. The number of anilines is 1. The van der Waals surface area contributed by atoms with E-state index in [1.54, 1.807) is 6.20 Å². The molecule has 1 unspecified atom stereocenters. The number of aromatic nitrogens is 2. The van der Waals surface area contributed by atoms with Crippen molar-refractivity contribution < 1.29 is 0 Å². The molecule has 1 aliphatic heterocycles. The van der Waals surface area contributed by atoms with Crippen LogP contribution in [0.5, 0.6) is 0 Å². The smallest absolute Gasteiger partial charge is 0.183 e. The van der Waals surface area contributed by atoms with Gasteiger partial charge in [0.25, 0.3) is 0 Å². The molecule has 14 heavy (non-hydrogen) atoms. The van der Waals surface area contributed by atoms with Crippen LogP contribution in [0.2, 0.25) is 0 Å². The fourth-order valence-corrected chi connectivity index (χ4v) is 1.62. The lowest BCUT2D eigenvalue weighted by Gasteiger charge is -2.16. The van der Waals surface area contributed by atoms with Crippen LogP contribution in [-0.2, 0) is 0 Å². The Hall–Kier alpha value is -1.67. The van der Waals surface area contributed by atoms with Crippen molar-refractivity contribution in [3.05, 3.63) is 18.1 Å². The average molecular weight is 189 g/mol. The number of hydrogen-bond donors (Lipinski definition) is 1. The molecule has 1 fully saturated rings. The minimum Gasteiger partial charge on any atom is -0.353 e. The number of nitriles is 1. The van der Waals surface area contributed by atoms with Crippen LogP contribution in [0, 0.1) is 11.3 Å². The first-order valence-corrected chi connectivity index (χ1v) is 4.53. The van der Waals surface area contributed by atoms with Crippen molar-refractivity contribution in [1.29, 1.82) is 5.26 Å². The molecule has 1 aromatic rings. The van der Waals surface area contributed by atoms with E-state index >= 15 is 0 Å². The molecule has 0 radical (unpaired) electrons. The fraction of sp³-hybridized carbons (Fsp3) is 0.444. The summed E-state index contributed by atoms with van der Waals surface area (Å²) in [7, 11) is 0. The van der Waals surface area contributed by atoms with Gasteiger partial charge in [-0.1, -0.05) is 0 Å². The molecule has 5 heteroatoms. The van der Waals surface area contributed by atoms with Gasteiger partial charge in [-0.3, -0.25) is 0 Å². The van der Waals surface area contributed by atoms with Gasteiger partial charge in [-0.25, -0.2) is 9.97 Å². The van der Waals surface area contributed by atoms with E-state index in [2.05, 4.69) is 9.97 Å². The van der Waals surface area contributed by atoms with Gasteiger partial charge in [0.05, 0.1) is 0 Å². The lowest BCUT2D eigenvalue weighted by molar-refractivity contribution is 0.751. The molecule has 0 spiro atoms. The van der Waals surface area contributed by atoms with E-state index in [-0.39, 0.29) is 6.04 Å². The fourth-order valence-electron chi connectivity index (χ4n) is 1.62. The molecule has 0 saturated carbocycles. The number of rotatable bonds is 1. The summed E-state index contributed by atoms with van der Waals surface area (Å²) < 4.78 is 0. The Morgan fingerprint density at radius 1 is 1.50 bits per heavy atom. The average Bonchev–Trinajstić information content (AvgIpc) is 2.65. The predicted molar refractivity (Wildman–Crippen MR) is 51.6 cm³/mol. The van der Waals surface area contributed by atoms with Gasteiger partial charge in [0, 0.05) is 31.5 Å². The third kappa shape index (κ3) is 1.52. The van der Waals surface area contributed by atoms with Crippen molar-refractivity contribution in [3.63, 3.8) is 0 Å². The molecule has 5 nitrogen and oxygen atoms in total. The summed E-state index contributed by atoms with van der Waals surface area (Å²) in [6.45, 7) is 1.61. The van der Waals surface area contributed by atoms with Gasteiger partial charge < -0.3 is 10.6 Å². The third-order valence-corrected chi connectivity index (χ3v) is 2.31. The Bertz CT molecular complexity index is 370. The zero-order valence-electron chi connectivity index (χ0n) is 7.72. The second-order valence-corrected chi connectivity index (χ2v) is 3.34. The third-order valence-electron chi connectivity index (χ3n) is 2.31. The maximum absolute atomic E-state index is 8.83. The lowest BCUT2D eigenvalue weighted by Crippen LogP contribution is -2.27. The Labute approximate surface area is 82.2 Å². The van der Waals surface area contributed by atoms with Crippen molar-refractivity contribution >= 4 is 5.82 Å². The Balaban J connectivity index is 2.28. The normalized spacial score (nSPS) is 20.9. The topological polar surface area (TPSA) is 78.8 Å². The van der Waals surface area contributed by atoms with Gasteiger partial charge in [-0.15, -0.1) is 0 Å². The molecule has 1 aliphatic rings. The van der Waals surface area contributed by atoms with E-state index in [0.717, 1.165) is 19.5 Å². The van der Waals surface area contributed by atoms with Gasteiger partial charge in [0.2, 0.25) is 0 Å². The Morgan fingerprint density at radius 2 is 2.29 bits per heavy atom. The second-order valence-electron chi connectivity index (χ2n) is 3.34. The summed E-state index contributed by atoms with van der Waals surface area (Å²) in [5.74, 6) is 0.656. The number of nitrogens with zero attached hydrogens (tertiary/aromatic N) is 4. The monoisotopic (exact) mass is 189 g/mol. The number of nitrogens with two attached hydrogens (primary N) is 1. The molecule has 0 aromatic carbocycles. The highest BCUT2D eigenvalue weighted by molar-refractivity contribution is 5.50. The quantitative estimate of drug-likeness (QED) is 0.666. The zero-order chi connectivity index (χ0) is 9.97. The summed E-state index contributed by atoms with van der Waals surface area (Å²) in [5, 5.41) is 8.83. The molecule has 72 valence electrons. The molecular formula is C9H11N5. The van der Waals surface area contributed by atoms with Crippen molar-refractivity contribution in [3.8, 4) is 6.07 Å². The van der Waals surface area contributed by atoms with Crippen LogP contribution in [-0.4, -0.2) is 29.1 Å². The van der Waals surface area contributed by atoms with Crippen LogP contribution in [0.4, 0.5) is 5.82 Å². The molecule has 1 aromatic heterocycles. The first-order chi connectivity index (χ1) is 6.81. The van der Waals surface area contributed by atoms with E-state index in [9.17, 15) is 0 Å². The van der Waals surface area contributed by atoms with Gasteiger partial charge in [-0.05, 0) is 6.42 Å². The molecule has 0 amide bonds. The highest BCUT2D eigenvalue weighted by Gasteiger charge is 2.22. The standard InChI is InChI=1S/C9H11N5/c10-5-8-9(13-3-2-12-8)14-4-1-7(11)6-14/h2-3,7H,1,4,6,11H2. The summed E-state index contributed by atoms with van der Waals surface area (Å²) in [6, 6.07) is 2.22. The minimum absolute atomic E-state index is 0.184. The van der Waals surface area contributed by atoms with Crippen LogP contribution in [0.3, 0.4) is 0 Å². The second kappa shape index (κ2) is 3.60. The van der Waals surface area contributed by atoms with Crippen LogP contribution in [0.15, 0.2) is 12.4 Å². The lowest BCUT2D eigenvalue weighted by atomic mass is 10.3. The van der Waals surface area contributed by atoms with Gasteiger partial charge >= 0.3 is 0 Å². The van der Waals surface area contributed by atoms with Crippen molar-refractivity contribution in [1.82, 2.24) is 9.97 Å². The van der Waals surface area contributed by atoms with Crippen LogP contribution < -0.4 is 10.6 Å². The Morgan fingerprint density at radius 3 is 2.93 bits per heavy atom. The molecule has 1 saturated heterocycles. The largest absolute Gasteiger partial charge is 0.353 e. The predicted octanol–water partition coefficient (Wildman–Crippen LogP) is -0.114. The molecule has 1 atom stereocenters. The zero-order valence-corrected chi connectivity index (χ0v) is 7.72. The van der Waals surface area contributed by atoms with Gasteiger partial charge in [0.15, 0.2) is 11.5 Å². The molecule has 0 aliphatic carbocycles. The maximum atomic E-state index is 8.83. The summed E-state index contributed by atoms with van der Waals surface area (Å²) >= 11 is 0. The van der Waals surface area contributed by atoms with Gasteiger partial charge in [-0.2, -0.15) is 5.26 Å². The first kappa shape index (κ1) is 8.91. The minimum atomic E-state index is 0.184. The molecular weight excluding hydrogens is 178 g/mol. The highest BCUT2D eigenvalue weighted by Crippen LogP contribution is 2.18. The van der Waals surface area contributed by atoms with Crippen molar-refractivity contribution in [2.75, 3.05) is 18.0 Å². The van der Waals surface area contributed by atoms with Crippen molar-refractivity contribution in [2.24, 2.45) is 5.73 Å². The maximum Gasteiger partial charge on any atom is 0.183 e. The molecule has 2 N–H and O–H groups in total. The molecule has 2 heterocycles. The molecule has 0 bridgehead atoms. The van der Waals surface area contributed by atoms with Crippen LogP contribution in [0.25, 0.3) is 0 Å². The summed E-state index contributed by atoms with van der Waals surface area (Å²) in [6.07, 6.45) is 4.07. The number of hydrogen-bond acceptors (Lipinski definition) is 5. The molecule has 2 rings (SSSR count). The van der Waals surface area contributed by atoms with Gasteiger partial charge in [0.1, 0.15) is 6.07 Å². The Kier molecular flexibility index (Phi) is 2.29. The summed E-state index contributed by atoms with van der Waals surface area (Å²) in [5.41, 5.74) is 6.16. The van der Waals surface area contributed by atoms with E-state index in [0.29, 0.717) is 11.5 Å². The SMILES string of the molecule is N#Cc1nccnc1N1CCC(N)C1. The van der Waals surface area contributed by atoms with E-state index in [4.69, 9.17) is 11.0 Å².